The molecule has 0 N–H and O–H groups in total. The number of likely N-dealkylation sites (tertiary alicyclic amines) is 1. The first-order chi connectivity index (χ1) is 11.4. The lowest BCUT2D eigenvalue weighted by Crippen LogP contribution is -2.45. The summed E-state index contributed by atoms with van der Waals surface area (Å²) in [5, 5.41) is 0. The Morgan fingerprint density at radius 1 is 1.21 bits per heavy atom. The number of benzene rings is 1. The lowest BCUT2D eigenvalue weighted by Gasteiger charge is -2.33. The highest BCUT2D eigenvalue weighted by Crippen LogP contribution is 2.22. The number of hydrogen-bond donors (Lipinski definition) is 0. The molecule has 2 rings (SSSR count). The van der Waals surface area contributed by atoms with E-state index in [2.05, 4.69) is 24.3 Å². The predicted octanol–water partition coefficient (Wildman–Crippen LogP) is 2.14. The second-order valence-electron chi connectivity index (χ2n) is 6.61. The minimum Gasteiger partial charge on any atom is -0.342 e. The fourth-order valence-corrected chi connectivity index (χ4v) is 4.06. The molecule has 6 heteroatoms. The van der Waals surface area contributed by atoms with Crippen molar-refractivity contribution in [3.63, 3.8) is 0 Å². The average molecular weight is 353 g/mol. The van der Waals surface area contributed by atoms with Crippen molar-refractivity contribution in [2.45, 2.75) is 32.6 Å². The smallest absolute Gasteiger partial charge is 0.237 e. The van der Waals surface area contributed by atoms with Crippen LogP contribution in [0.5, 0.6) is 0 Å². The van der Waals surface area contributed by atoms with Gasteiger partial charge in [0, 0.05) is 19.6 Å². The Bertz CT molecular complexity index is 623. The van der Waals surface area contributed by atoms with E-state index in [0.717, 1.165) is 32.4 Å². The molecule has 1 aliphatic heterocycles. The summed E-state index contributed by atoms with van der Waals surface area (Å²) in [5.74, 6) is 0.519. The second kappa shape index (κ2) is 8.62. The molecule has 1 aliphatic rings. The third kappa shape index (κ3) is 5.60. The summed E-state index contributed by atoms with van der Waals surface area (Å²) in [5.41, 5.74) is 1.34. The molecule has 134 valence electrons. The molecule has 0 spiro atoms. The largest absolute Gasteiger partial charge is 0.342 e. The van der Waals surface area contributed by atoms with Crippen LogP contribution in [0.25, 0.3) is 0 Å². The van der Waals surface area contributed by atoms with Gasteiger partial charge in [-0.05, 0) is 37.2 Å². The maximum absolute atomic E-state index is 12.4. The molecule has 0 saturated carbocycles. The summed E-state index contributed by atoms with van der Waals surface area (Å²) < 4.78 is 24.8. The van der Waals surface area contributed by atoms with Gasteiger partial charge in [0.25, 0.3) is 0 Å². The van der Waals surface area contributed by atoms with Crippen molar-refractivity contribution in [1.82, 2.24) is 9.21 Å². The van der Waals surface area contributed by atoms with Gasteiger partial charge in [-0.2, -0.15) is 4.31 Å². The molecular formula is C18H28N2O3S. The summed E-state index contributed by atoms with van der Waals surface area (Å²) in [6.07, 6.45) is 4.89. The summed E-state index contributed by atoms with van der Waals surface area (Å²) in [6, 6.07) is 10.4. The molecule has 1 fully saturated rings. The Morgan fingerprint density at radius 2 is 1.83 bits per heavy atom. The van der Waals surface area contributed by atoms with E-state index in [1.54, 1.807) is 0 Å². The van der Waals surface area contributed by atoms with Gasteiger partial charge in [-0.15, -0.1) is 0 Å². The number of hydrogen-bond acceptors (Lipinski definition) is 3. The fourth-order valence-electron chi connectivity index (χ4n) is 3.20. The quantitative estimate of drug-likeness (QED) is 0.755. The summed E-state index contributed by atoms with van der Waals surface area (Å²) in [4.78, 5) is 14.2. The third-order valence-corrected chi connectivity index (χ3v) is 5.84. The molecule has 0 atom stereocenters. The highest BCUT2D eigenvalue weighted by Gasteiger charge is 2.26. The first-order valence-electron chi connectivity index (χ1n) is 8.67. The van der Waals surface area contributed by atoms with E-state index >= 15 is 0 Å². The first-order valence-corrected chi connectivity index (χ1v) is 10.5. The minimum atomic E-state index is -3.33. The van der Waals surface area contributed by atoms with Crippen molar-refractivity contribution < 1.29 is 13.2 Å². The maximum Gasteiger partial charge on any atom is 0.237 e. The summed E-state index contributed by atoms with van der Waals surface area (Å²) in [7, 11) is -3.33. The molecule has 0 aromatic heterocycles. The third-order valence-electron chi connectivity index (χ3n) is 4.59. The van der Waals surface area contributed by atoms with Crippen molar-refractivity contribution in [2.75, 3.05) is 32.4 Å². The van der Waals surface area contributed by atoms with Gasteiger partial charge in [0.1, 0.15) is 0 Å². The van der Waals surface area contributed by atoms with Gasteiger partial charge in [0.15, 0.2) is 0 Å². The number of rotatable bonds is 7. The van der Waals surface area contributed by atoms with Crippen LogP contribution in [-0.4, -0.2) is 56.0 Å². The lowest BCUT2D eigenvalue weighted by atomic mass is 9.90. The molecule has 5 nitrogen and oxygen atoms in total. The van der Waals surface area contributed by atoms with Gasteiger partial charge < -0.3 is 4.90 Å². The van der Waals surface area contributed by atoms with E-state index in [-0.39, 0.29) is 12.5 Å². The maximum atomic E-state index is 12.4. The Labute approximate surface area is 145 Å². The zero-order valence-corrected chi connectivity index (χ0v) is 15.5. The number of piperidine rings is 1. The monoisotopic (exact) mass is 352 g/mol. The standard InChI is InChI=1S/C18H28N2O3S/c1-3-11-20(24(2,22)23)15-18(21)19-12-9-17(10-13-19)14-16-7-5-4-6-8-16/h4-8,17H,3,9-15H2,1-2H3. The van der Waals surface area contributed by atoms with Gasteiger partial charge in [-0.3, -0.25) is 4.79 Å². The van der Waals surface area contributed by atoms with Crippen LogP contribution < -0.4 is 0 Å². The number of sulfonamides is 1. The van der Waals surface area contributed by atoms with E-state index in [0.29, 0.717) is 18.9 Å². The van der Waals surface area contributed by atoms with E-state index in [1.807, 2.05) is 17.9 Å². The Hall–Kier alpha value is -1.40. The molecule has 0 aliphatic carbocycles. The first kappa shape index (κ1) is 18.9. The molecule has 0 radical (unpaired) electrons. The van der Waals surface area contributed by atoms with Gasteiger partial charge in [-0.25, -0.2) is 8.42 Å². The SMILES string of the molecule is CCCN(CC(=O)N1CCC(Cc2ccccc2)CC1)S(C)(=O)=O. The summed E-state index contributed by atoms with van der Waals surface area (Å²) in [6.45, 7) is 3.73. The zero-order valence-electron chi connectivity index (χ0n) is 14.6. The van der Waals surface area contributed by atoms with E-state index in [9.17, 15) is 13.2 Å². The molecule has 1 amide bonds. The Kier molecular flexibility index (Phi) is 6.80. The predicted molar refractivity (Wildman–Crippen MR) is 96.2 cm³/mol. The van der Waals surface area contributed by atoms with Crippen molar-refractivity contribution in [1.29, 1.82) is 0 Å². The van der Waals surface area contributed by atoms with Crippen LogP contribution in [0.3, 0.4) is 0 Å². The molecule has 1 aromatic rings. The van der Waals surface area contributed by atoms with Crippen LogP contribution in [0.2, 0.25) is 0 Å². The van der Waals surface area contributed by atoms with Gasteiger partial charge >= 0.3 is 0 Å². The number of amides is 1. The zero-order chi connectivity index (χ0) is 17.6. The van der Waals surface area contributed by atoms with Crippen molar-refractivity contribution >= 4 is 15.9 Å². The van der Waals surface area contributed by atoms with E-state index in [4.69, 9.17) is 0 Å². The summed E-state index contributed by atoms with van der Waals surface area (Å²) >= 11 is 0. The van der Waals surface area contributed by atoms with Crippen LogP contribution in [-0.2, 0) is 21.2 Å². The average Bonchev–Trinajstić information content (AvgIpc) is 2.55. The van der Waals surface area contributed by atoms with Crippen molar-refractivity contribution in [3.05, 3.63) is 35.9 Å². The van der Waals surface area contributed by atoms with E-state index in [1.165, 1.54) is 16.1 Å². The molecule has 0 unspecified atom stereocenters. The van der Waals surface area contributed by atoms with Crippen LogP contribution in [0.1, 0.15) is 31.7 Å². The molecular weight excluding hydrogens is 324 g/mol. The second-order valence-corrected chi connectivity index (χ2v) is 8.59. The van der Waals surface area contributed by atoms with Crippen molar-refractivity contribution in [2.24, 2.45) is 5.92 Å². The lowest BCUT2D eigenvalue weighted by molar-refractivity contribution is -0.132. The Balaban J connectivity index is 1.84. The highest BCUT2D eigenvalue weighted by molar-refractivity contribution is 7.88. The van der Waals surface area contributed by atoms with Gasteiger partial charge in [0.05, 0.1) is 12.8 Å². The van der Waals surface area contributed by atoms with Gasteiger partial charge in [0.2, 0.25) is 15.9 Å². The fraction of sp³-hybridized carbons (Fsp3) is 0.611. The number of carbonyl (C=O) groups is 1. The molecule has 24 heavy (non-hydrogen) atoms. The molecule has 1 heterocycles. The van der Waals surface area contributed by atoms with Crippen LogP contribution in [0.4, 0.5) is 0 Å². The molecule has 1 saturated heterocycles. The van der Waals surface area contributed by atoms with Crippen LogP contribution >= 0.6 is 0 Å². The van der Waals surface area contributed by atoms with Crippen LogP contribution in [0, 0.1) is 5.92 Å². The topological polar surface area (TPSA) is 57.7 Å². The van der Waals surface area contributed by atoms with Crippen molar-refractivity contribution in [3.8, 4) is 0 Å². The van der Waals surface area contributed by atoms with E-state index < -0.39 is 10.0 Å². The number of nitrogens with zero attached hydrogens (tertiary/aromatic N) is 2. The normalized spacial score (nSPS) is 16.5. The number of carbonyl (C=O) groups excluding carboxylic acids is 1. The van der Waals surface area contributed by atoms with Crippen LogP contribution in [0.15, 0.2) is 30.3 Å². The minimum absolute atomic E-state index is 0.0317. The van der Waals surface area contributed by atoms with Gasteiger partial charge in [-0.1, -0.05) is 37.3 Å². The molecule has 1 aromatic carbocycles. The molecule has 0 bridgehead atoms. The Morgan fingerprint density at radius 3 is 2.38 bits per heavy atom. The highest BCUT2D eigenvalue weighted by atomic mass is 32.2.